The molecule has 1 aromatic heterocycles. The average Bonchev–Trinajstić information content (AvgIpc) is 3.40. The van der Waals surface area contributed by atoms with E-state index in [0.717, 1.165) is 56.0 Å². The minimum Gasteiger partial charge on any atom is -0.355 e. The molecule has 2 heterocycles. The molecule has 27 heavy (non-hydrogen) atoms. The van der Waals surface area contributed by atoms with Crippen LogP contribution in [0.25, 0.3) is 0 Å². The molecule has 148 valence electrons. The predicted molar refractivity (Wildman–Crippen MR) is 107 cm³/mol. The normalized spacial score (nSPS) is 23.7. The van der Waals surface area contributed by atoms with E-state index in [1.807, 2.05) is 13.8 Å². The highest BCUT2D eigenvalue weighted by Gasteiger charge is 2.34. The third-order valence-corrected chi connectivity index (χ3v) is 6.51. The fourth-order valence-corrected chi connectivity index (χ4v) is 4.49. The van der Waals surface area contributed by atoms with E-state index in [2.05, 4.69) is 14.8 Å². The van der Waals surface area contributed by atoms with Crippen molar-refractivity contribution in [1.29, 1.82) is 0 Å². The summed E-state index contributed by atoms with van der Waals surface area (Å²) in [7, 11) is 0. The molecule has 1 atom stereocenters. The van der Waals surface area contributed by atoms with Crippen LogP contribution in [0.5, 0.6) is 0 Å². The van der Waals surface area contributed by atoms with E-state index in [4.69, 9.17) is 10.7 Å². The zero-order valence-electron chi connectivity index (χ0n) is 16.8. The number of rotatable bonds is 5. The van der Waals surface area contributed by atoms with Gasteiger partial charge in [0, 0.05) is 43.0 Å². The van der Waals surface area contributed by atoms with E-state index in [1.54, 1.807) is 0 Å². The molecule has 0 unspecified atom stereocenters. The number of aryl methyl sites for hydroxylation is 1. The van der Waals surface area contributed by atoms with Crippen molar-refractivity contribution in [2.75, 3.05) is 24.5 Å². The summed E-state index contributed by atoms with van der Waals surface area (Å²) in [6, 6.07) is 0.549. The number of hydrogen-bond donors (Lipinski definition) is 1. The Labute approximate surface area is 162 Å². The number of aromatic nitrogens is 2. The molecule has 6 nitrogen and oxygen atoms in total. The van der Waals surface area contributed by atoms with Crippen LogP contribution in [0.15, 0.2) is 0 Å². The first-order valence-corrected chi connectivity index (χ1v) is 10.7. The summed E-state index contributed by atoms with van der Waals surface area (Å²) in [5.74, 6) is 1.98. The summed E-state index contributed by atoms with van der Waals surface area (Å²) >= 11 is 0. The molecule has 2 saturated carbocycles. The molecule has 1 amide bonds. The van der Waals surface area contributed by atoms with Crippen molar-refractivity contribution in [3.63, 3.8) is 0 Å². The van der Waals surface area contributed by atoms with Gasteiger partial charge in [-0.1, -0.05) is 19.3 Å². The van der Waals surface area contributed by atoms with Crippen molar-refractivity contribution < 1.29 is 4.79 Å². The van der Waals surface area contributed by atoms with Crippen molar-refractivity contribution in [1.82, 2.24) is 14.9 Å². The molecule has 6 heteroatoms. The Hall–Kier alpha value is -1.69. The second kappa shape index (κ2) is 7.74. The molecule has 1 aliphatic heterocycles. The Balaban J connectivity index is 1.61. The molecule has 3 aliphatic rings. The maximum atomic E-state index is 13.5. The number of anilines is 1. The lowest BCUT2D eigenvalue weighted by molar-refractivity contribution is 0.0609. The van der Waals surface area contributed by atoms with Gasteiger partial charge in [0.2, 0.25) is 5.82 Å². The zero-order chi connectivity index (χ0) is 19.0. The molecule has 0 spiro atoms. The Bertz CT molecular complexity index is 696. The van der Waals surface area contributed by atoms with Crippen molar-refractivity contribution in [2.24, 2.45) is 11.7 Å². The van der Waals surface area contributed by atoms with Gasteiger partial charge in [0.05, 0.1) is 0 Å². The monoisotopic (exact) mass is 371 g/mol. The average molecular weight is 372 g/mol. The minimum atomic E-state index is 0.0293. The number of nitrogens with two attached hydrogens (primary N) is 1. The lowest BCUT2D eigenvalue weighted by Crippen LogP contribution is -2.43. The lowest BCUT2D eigenvalue weighted by atomic mass is 9.94. The van der Waals surface area contributed by atoms with Crippen LogP contribution >= 0.6 is 0 Å². The highest BCUT2D eigenvalue weighted by atomic mass is 16.2. The first-order valence-electron chi connectivity index (χ1n) is 10.7. The van der Waals surface area contributed by atoms with Gasteiger partial charge in [-0.3, -0.25) is 4.79 Å². The highest BCUT2D eigenvalue weighted by molar-refractivity contribution is 5.91. The largest absolute Gasteiger partial charge is 0.355 e. The van der Waals surface area contributed by atoms with Gasteiger partial charge in [-0.2, -0.15) is 0 Å². The Morgan fingerprint density at radius 1 is 1.11 bits per heavy atom. The van der Waals surface area contributed by atoms with Gasteiger partial charge in [0.25, 0.3) is 5.91 Å². The van der Waals surface area contributed by atoms with Crippen molar-refractivity contribution in [2.45, 2.75) is 77.3 Å². The molecule has 3 fully saturated rings. The van der Waals surface area contributed by atoms with Crippen molar-refractivity contribution in [3.05, 3.63) is 17.1 Å². The van der Waals surface area contributed by atoms with E-state index in [-0.39, 0.29) is 11.9 Å². The minimum absolute atomic E-state index is 0.0293. The smallest absolute Gasteiger partial charge is 0.291 e. The van der Waals surface area contributed by atoms with Crippen molar-refractivity contribution >= 4 is 11.7 Å². The molecule has 0 bridgehead atoms. The van der Waals surface area contributed by atoms with Crippen LogP contribution in [0.2, 0.25) is 0 Å². The van der Waals surface area contributed by atoms with Gasteiger partial charge in [0.15, 0.2) is 0 Å². The second-order valence-corrected chi connectivity index (χ2v) is 8.77. The summed E-state index contributed by atoms with van der Waals surface area (Å²) in [6.07, 6.45) is 9.47. The molecule has 0 aromatic carbocycles. The summed E-state index contributed by atoms with van der Waals surface area (Å²) in [5, 5.41) is 0. The maximum absolute atomic E-state index is 13.5. The SMILES string of the molecule is Cc1nc(C(=O)N(CC2CC2)C2CCCCC2)nc(N2CC[C@@H](N)C2)c1C. The van der Waals surface area contributed by atoms with Gasteiger partial charge in [-0.05, 0) is 51.9 Å². The standard InChI is InChI=1S/C21H33N5O/c1-14-15(2)23-19(24-20(14)25-11-10-17(22)13-25)21(27)26(12-16-8-9-16)18-6-4-3-5-7-18/h16-18H,3-13,22H2,1-2H3/t17-/m1/s1. The third kappa shape index (κ3) is 4.10. The Kier molecular flexibility index (Phi) is 5.35. The highest BCUT2D eigenvalue weighted by Crippen LogP contribution is 2.33. The summed E-state index contributed by atoms with van der Waals surface area (Å²) in [6.45, 7) is 6.62. The number of carbonyl (C=O) groups excluding carboxylic acids is 1. The van der Waals surface area contributed by atoms with Crippen molar-refractivity contribution in [3.8, 4) is 0 Å². The molecular weight excluding hydrogens is 338 g/mol. The van der Waals surface area contributed by atoms with E-state index >= 15 is 0 Å². The third-order valence-electron chi connectivity index (χ3n) is 6.51. The van der Waals surface area contributed by atoms with Gasteiger partial charge in [-0.15, -0.1) is 0 Å². The molecule has 1 aromatic rings. The maximum Gasteiger partial charge on any atom is 0.291 e. The fraction of sp³-hybridized carbons (Fsp3) is 0.762. The lowest BCUT2D eigenvalue weighted by Gasteiger charge is -2.34. The van der Waals surface area contributed by atoms with Crippen LogP contribution in [-0.2, 0) is 0 Å². The summed E-state index contributed by atoms with van der Waals surface area (Å²) in [5.41, 5.74) is 8.06. The van der Waals surface area contributed by atoms with Crippen LogP contribution in [0.3, 0.4) is 0 Å². The summed E-state index contributed by atoms with van der Waals surface area (Å²) < 4.78 is 0. The Morgan fingerprint density at radius 2 is 1.85 bits per heavy atom. The fourth-order valence-electron chi connectivity index (χ4n) is 4.49. The molecule has 2 aliphatic carbocycles. The van der Waals surface area contributed by atoms with E-state index < -0.39 is 0 Å². The van der Waals surface area contributed by atoms with Gasteiger partial charge in [-0.25, -0.2) is 9.97 Å². The number of amides is 1. The van der Waals surface area contributed by atoms with Crippen LogP contribution in [0.1, 0.15) is 73.2 Å². The van der Waals surface area contributed by atoms with Crippen LogP contribution in [0, 0.1) is 19.8 Å². The van der Waals surface area contributed by atoms with E-state index in [0.29, 0.717) is 17.8 Å². The first-order chi connectivity index (χ1) is 13.0. The topological polar surface area (TPSA) is 75.4 Å². The van der Waals surface area contributed by atoms with Crippen LogP contribution in [0.4, 0.5) is 5.82 Å². The quantitative estimate of drug-likeness (QED) is 0.861. The first kappa shape index (κ1) is 18.7. The van der Waals surface area contributed by atoms with E-state index in [9.17, 15) is 4.79 Å². The zero-order valence-corrected chi connectivity index (χ0v) is 16.8. The summed E-state index contributed by atoms with van der Waals surface area (Å²) in [4.78, 5) is 27.2. The van der Waals surface area contributed by atoms with Gasteiger partial charge in [0.1, 0.15) is 5.82 Å². The molecule has 0 radical (unpaired) electrons. The van der Waals surface area contributed by atoms with E-state index in [1.165, 1.54) is 32.1 Å². The van der Waals surface area contributed by atoms with Gasteiger partial charge < -0.3 is 15.5 Å². The second-order valence-electron chi connectivity index (χ2n) is 8.77. The predicted octanol–water partition coefficient (Wildman–Crippen LogP) is 2.82. The van der Waals surface area contributed by atoms with Crippen LogP contribution < -0.4 is 10.6 Å². The molecule has 2 N–H and O–H groups in total. The molecule has 1 saturated heterocycles. The molecule has 4 rings (SSSR count). The van der Waals surface area contributed by atoms with Crippen LogP contribution in [-0.4, -0.2) is 52.5 Å². The number of nitrogens with zero attached hydrogens (tertiary/aromatic N) is 4. The number of carbonyl (C=O) groups is 1. The Morgan fingerprint density at radius 3 is 2.48 bits per heavy atom. The molecular formula is C21H33N5O. The number of hydrogen-bond acceptors (Lipinski definition) is 5. The van der Waals surface area contributed by atoms with Gasteiger partial charge >= 0.3 is 0 Å².